The molecule has 1 aromatic carbocycles. The smallest absolute Gasteiger partial charge is 0.340 e. The summed E-state index contributed by atoms with van der Waals surface area (Å²) >= 11 is 0. The van der Waals surface area contributed by atoms with Crippen LogP contribution in [-0.2, 0) is 9.47 Å². The van der Waals surface area contributed by atoms with E-state index < -0.39 is 11.8 Å². The molecule has 0 aromatic heterocycles. The molecule has 0 heterocycles. The Kier molecular flexibility index (Phi) is 7.71. The first kappa shape index (κ1) is 17.4. The Balaban J connectivity index is 2.95. The summed E-state index contributed by atoms with van der Waals surface area (Å²) in [4.78, 5) is 13.1. The quantitative estimate of drug-likeness (QED) is 0.672. The van der Waals surface area contributed by atoms with Gasteiger partial charge in [0.2, 0.25) is 0 Å². The summed E-state index contributed by atoms with van der Waals surface area (Å²) in [5.41, 5.74) is 0.0346. The minimum Gasteiger partial charge on any atom is -0.478 e. The maximum atomic E-state index is 13.8. The maximum Gasteiger partial charge on any atom is 0.340 e. The highest BCUT2D eigenvalue weighted by molar-refractivity contribution is 5.94. The number of nitrogens with zero attached hydrogens (tertiary/aromatic N) is 1. The molecule has 6 heteroatoms. The molecule has 0 aliphatic rings. The predicted molar refractivity (Wildman–Crippen MR) is 78.6 cm³/mol. The standard InChI is InChI=1S/C15H22FNO4/c1-3-20-10-8-17(9-11-21-4-2)13-7-5-6-12(16)14(13)15(18)19/h5-7H,3-4,8-11H2,1-2H3,(H,18,19). The zero-order valence-corrected chi connectivity index (χ0v) is 12.5. The predicted octanol–water partition coefficient (Wildman–Crippen LogP) is 2.40. The van der Waals surface area contributed by atoms with Crippen LogP contribution in [0.15, 0.2) is 18.2 Å². The van der Waals surface area contributed by atoms with E-state index in [1.165, 1.54) is 6.07 Å². The molecule has 0 fully saturated rings. The highest BCUT2D eigenvalue weighted by Gasteiger charge is 2.20. The third-order valence-electron chi connectivity index (χ3n) is 2.97. The van der Waals surface area contributed by atoms with Gasteiger partial charge in [0.25, 0.3) is 0 Å². The number of benzene rings is 1. The number of carbonyl (C=O) groups is 1. The summed E-state index contributed by atoms with van der Waals surface area (Å²) in [5.74, 6) is -2.02. The van der Waals surface area contributed by atoms with Crippen molar-refractivity contribution in [3.05, 3.63) is 29.6 Å². The Labute approximate surface area is 124 Å². The van der Waals surface area contributed by atoms with Crippen LogP contribution in [-0.4, -0.2) is 50.6 Å². The largest absolute Gasteiger partial charge is 0.478 e. The molecule has 0 bridgehead atoms. The third-order valence-corrected chi connectivity index (χ3v) is 2.97. The molecule has 0 aliphatic heterocycles. The van der Waals surface area contributed by atoms with Crippen molar-refractivity contribution in [2.24, 2.45) is 0 Å². The monoisotopic (exact) mass is 299 g/mol. The summed E-state index contributed by atoms with van der Waals surface area (Å²) in [6.07, 6.45) is 0. The number of carboxylic acids is 1. The topological polar surface area (TPSA) is 59.0 Å². The molecule has 0 unspecified atom stereocenters. The van der Waals surface area contributed by atoms with Crippen LogP contribution in [0.25, 0.3) is 0 Å². The lowest BCUT2D eigenvalue weighted by Crippen LogP contribution is -2.32. The molecule has 0 atom stereocenters. The van der Waals surface area contributed by atoms with Crippen LogP contribution in [0.1, 0.15) is 24.2 Å². The first-order valence-corrected chi connectivity index (χ1v) is 7.04. The fraction of sp³-hybridized carbons (Fsp3) is 0.533. The summed E-state index contributed by atoms with van der Waals surface area (Å²) in [6, 6.07) is 4.26. The van der Waals surface area contributed by atoms with Crippen molar-refractivity contribution < 1.29 is 23.8 Å². The number of hydrogen-bond acceptors (Lipinski definition) is 4. The normalized spacial score (nSPS) is 10.6. The first-order chi connectivity index (χ1) is 10.1. The van der Waals surface area contributed by atoms with E-state index in [9.17, 15) is 14.3 Å². The molecule has 1 rings (SSSR count). The van der Waals surface area contributed by atoms with Gasteiger partial charge >= 0.3 is 5.97 Å². The third kappa shape index (κ3) is 5.32. The Bertz CT molecular complexity index is 443. The molecule has 1 aromatic rings. The number of hydrogen-bond donors (Lipinski definition) is 1. The van der Waals surface area contributed by atoms with Crippen molar-refractivity contribution in [3.63, 3.8) is 0 Å². The van der Waals surface area contributed by atoms with Gasteiger partial charge in [-0.15, -0.1) is 0 Å². The number of rotatable bonds is 10. The van der Waals surface area contributed by atoms with Gasteiger partial charge in [-0.3, -0.25) is 0 Å². The average Bonchev–Trinajstić information content (AvgIpc) is 2.45. The summed E-state index contributed by atoms with van der Waals surface area (Å²) in [5, 5.41) is 9.21. The zero-order chi connectivity index (χ0) is 15.7. The second kappa shape index (κ2) is 9.31. The second-order valence-corrected chi connectivity index (χ2v) is 4.32. The molecule has 118 valence electrons. The van der Waals surface area contributed by atoms with Crippen LogP contribution in [0, 0.1) is 5.82 Å². The fourth-order valence-corrected chi connectivity index (χ4v) is 1.98. The van der Waals surface area contributed by atoms with Crippen molar-refractivity contribution in [1.82, 2.24) is 0 Å². The second-order valence-electron chi connectivity index (χ2n) is 4.32. The van der Waals surface area contributed by atoms with Crippen LogP contribution in [0.5, 0.6) is 0 Å². The van der Waals surface area contributed by atoms with E-state index in [2.05, 4.69) is 0 Å². The average molecular weight is 299 g/mol. The first-order valence-electron chi connectivity index (χ1n) is 7.04. The van der Waals surface area contributed by atoms with Gasteiger partial charge in [0.1, 0.15) is 11.4 Å². The van der Waals surface area contributed by atoms with Crippen molar-refractivity contribution in [1.29, 1.82) is 0 Å². The summed E-state index contributed by atoms with van der Waals surface area (Å²) < 4.78 is 24.4. The van der Waals surface area contributed by atoms with E-state index in [0.29, 0.717) is 45.2 Å². The zero-order valence-electron chi connectivity index (χ0n) is 12.5. The van der Waals surface area contributed by atoms with Crippen molar-refractivity contribution >= 4 is 11.7 Å². The molecule has 0 radical (unpaired) electrons. The molecule has 5 nitrogen and oxygen atoms in total. The van der Waals surface area contributed by atoms with Crippen LogP contribution < -0.4 is 4.90 Å². The van der Waals surface area contributed by atoms with E-state index in [1.807, 2.05) is 13.8 Å². The minimum absolute atomic E-state index is 0.314. The Morgan fingerprint density at radius 2 is 1.76 bits per heavy atom. The molecule has 1 N–H and O–H groups in total. The molecule has 0 aliphatic carbocycles. The number of halogens is 1. The number of carboxylic acid groups (broad SMARTS) is 1. The minimum atomic E-state index is -1.28. The van der Waals surface area contributed by atoms with Gasteiger partial charge in [0, 0.05) is 26.3 Å². The van der Waals surface area contributed by atoms with Gasteiger partial charge in [0.15, 0.2) is 0 Å². The van der Waals surface area contributed by atoms with E-state index in [-0.39, 0.29) is 5.56 Å². The van der Waals surface area contributed by atoms with Crippen LogP contribution in [0.4, 0.5) is 10.1 Å². The Morgan fingerprint density at radius 3 is 2.24 bits per heavy atom. The SMILES string of the molecule is CCOCCN(CCOCC)c1cccc(F)c1C(=O)O. The van der Waals surface area contributed by atoms with Gasteiger partial charge < -0.3 is 19.5 Å². The molecule has 0 saturated carbocycles. The Hall–Kier alpha value is -1.66. The lowest BCUT2D eigenvalue weighted by molar-refractivity contribution is 0.0692. The van der Waals surface area contributed by atoms with Crippen molar-refractivity contribution in [2.75, 3.05) is 44.4 Å². The number of aromatic carboxylic acids is 1. The summed E-state index contributed by atoms with van der Waals surface area (Å²) in [7, 11) is 0. The highest BCUT2D eigenvalue weighted by atomic mass is 19.1. The molecule has 21 heavy (non-hydrogen) atoms. The molecular formula is C15H22FNO4. The van der Waals surface area contributed by atoms with Gasteiger partial charge in [-0.2, -0.15) is 0 Å². The van der Waals surface area contributed by atoms with Gasteiger partial charge in [-0.1, -0.05) is 6.07 Å². The molecule has 0 saturated heterocycles. The van der Waals surface area contributed by atoms with E-state index in [1.54, 1.807) is 11.0 Å². The van der Waals surface area contributed by atoms with Crippen LogP contribution >= 0.6 is 0 Å². The van der Waals surface area contributed by atoms with E-state index in [4.69, 9.17) is 9.47 Å². The molecule has 0 spiro atoms. The fourth-order valence-electron chi connectivity index (χ4n) is 1.98. The van der Waals surface area contributed by atoms with Crippen molar-refractivity contribution in [2.45, 2.75) is 13.8 Å². The lowest BCUT2D eigenvalue weighted by Gasteiger charge is -2.26. The van der Waals surface area contributed by atoms with Gasteiger partial charge in [0.05, 0.1) is 18.9 Å². The number of ether oxygens (including phenoxy) is 2. The highest BCUT2D eigenvalue weighted by Crippen LogP contribution is 2.23. The van der Waals surface area contributed by atoms with Gasteiger partial charge in [-0.25, -0.2) is 9.18 Å². The van der Waals surface area contributed by atoms with Crippen molar-refractivity contribution in [3.8, 4) is 0 Å². The summed E-state index contributed by atoms with van der Waals surface area (Å²) in [6.45, 7) is 6.76. The number of anilines is 1. The molecular weight excluding hydrogens is 277 g/mol. The van der Waals surface area contributed by atoms with Gasteiger partial charge in [-0.05, 0) is 26.0 Å². The van der Waals surface area contributed by atoms with Crippen LogP contribution in [0.2, 0.25) is 0 Å². The molecule has 0 amide bonds. The van der Waals surface area contributed by atoms with Crippen LogP contribution in [0.3, 0.4) is 0 Å². The Morgan fingerprint density at radius 1 is 1.19 bits per heavy atom. The van der Waals surface area contributed by atoms with E-state index >= 15 is 0 Å². The maximum absolute atomic E-state index is 13.8. The van der Waals surface area contributed by atoms with E-state index in [0.717, 1.165) is 6.07 Å². The lowest BCUT2D eigenvalue weighted by atomic mass is 10.1.